The Labute approximate surface area is 105 Å². The number of ether oxygens (including phenoxy) is 1. The van der Waals surface area contributed by atoms with Gasteiger partial charge in [0.1, 0.15) is 0 Å². The van der Waals surface area contributed by atoms with Gasteiger partial charge < -0.3 is 14.0 Å². The molecular formula is C13H25BO3. The van der Waals surface area contributed by atoms with Crippen LogP contribution in [0.25, 0.3) is 0 Å². The third-order valence-electron chi connectivity index (χ3n) is 4.23. The number of hydrogen-bond acceptors (Lipinski definition) is 3. The smallest absolute Gasteiger partial charge is 0.403 e. The summed E-state index contributed by atoms with van der Waals surface area (Å²) in [6.45, 7) is 11.5. The summed E-state index contributed by atoms with van der Waals surface area (Å²) >= 11 is 0. The van der Waals surface area contributed by atoms with Gasteiger partial charge in [0.15, 0.2) is 0 Å². The molecule has 0 aromatic carbocycles. The summed E-state index contributed by atoms with van der Waals surface area (Å²) in [6, 6.07) is 0. The average molecular weight is 240 g/mol. The molecule has 1 saturated heterocycles. The van der Waals surface area contributed by atoms with Gasteiger partial charge in [-0.05, 0) is 40.5 Å². The highest BCUT2D eigenvalue weighted by Crippen LogP contribution is 2.50. The van der Waals surface area contributed by atoms with E-state index in [1.807, 2.05) is 0 Å². The van der Waals surface area contributed by atoms with Crippen molar-refractivity contribution in [1.29, 1.82) is 0 Å². The lowest BCUT2D eigenvalue weighted by Gasteiger charge is -2.32. The van der Waals surface area contributed by atoms with E-state index >= 15 is 0 Å². The minimum absolute atomic E-state index is 0.0772. The molecule has 3 nitrogen and oxygen atoms in total. The SMILES string of the molecule is CCCCOC1CC1B1OC(C)(C)C(C)(C)O1. The molecule has 2 atom stereocenters. The van der Waals surface area contributed by atoms with Gasteiger partial charge in [0.2, 0.25) is 0 Å². The standard InChI is InChI=1S/C13H25BO3/c1-6-7-8-15-11-9-10(11)14-16-12(2,3)13(4,5)17-14/h10-11H,6-9H2,1-5H3. The van der Waals surface area contributed by atoms with E-state index in [0.29, 0.717) is 11.9 Å². The molecule has 0 spiro atoms. The molecule has 0 aromatic rings. The van der Waals surface area contributed by atoms with Crippen LogP contribution < -0.4 is 0 Å². The van der Waals surface area contributed by atoms with Crippen LogP contribution >= 0.6 is 0 Å². The fourth-order valence-corrected chi connectivity index (χ4v) is 2.11. The van der Waals surface area contributed by atoms with E-state index in [1.165, 1.54) is 6.42 Å². The van der Waals surface area contributed by atoms with Crippen LogP contribution in [0, 0.1) is 0 Å². The van der Waals surface area contributed by atoms with Gasteiger partial charge in [0, 0.05) is 12.4 Å². The molecule has 17 heavy (non-hydrogen) atoms. The summed E-state index contributed by atoms with van der Waals surface area (Å²) in [5.74, 6) is 0.438. The highest BCUT2D eigenvalue weighted by atomic mass is 16.7. The zero-order chi connectivity index (χ0) is 12.7. The van der Waals surface area contributed by atoms with E-state index in [9.17, 15) is 0 Å². The van der Waals surface area contributed by atoms with E-state index in [0.717, 1.165) is 19.4 Å². The minimum atomic E-state index is -0.214. The molecule has 1 heterocycles. The van der Waals surface area contributed by atoms with Gasteiger partial charge in [0.25, 0.3) is 0 Å². The Bertz CT molecular complexity index is 262. The van der Waals surface area contributed by atoms with Gasteiger partial charge in [-0.1, -0.05) is 13.3 Å². The molecule has 0 amide bonds. The summed E-state index contributed by atoms with van der Waals surface area (Å²) in [7, 11) is -0.0772. The van der Waals surface area contributed by atoms with Crippen molar-refractivity contribution >= 4 is 7.12 Å². The molecule has 0 bridgehead atoms. The highest BCUT2D eigenvalue weighted by molar-refractivity contribution is 6.49. The van der Waals surface area contributed by atoms with Crippen LogP contribution in [0.15, 0.2) is 0 Å². The van der Waals surface area contributed by atoms with Gasteiger partial charge >= 0.3 is 7.12 Å². The van der Waals surface area contributed by atoms with Crippen molar-refractivity contribution in [3.63, 3.8) is 0 Å². The minimum Gasteiger partial charge on any atom is -0.403 e. The first-order chi connectivity index (χ1) is 7.87. The van der Waals surface area contributed by atoms with E-state index in [-0.39, 0.29) is 18.3 Å². The fourth-order valence-electron chi connectivity index (χ4n) is 2.11. The third kappa shape index (κ3) is 2.69. The predicted octanol–water partition coefficient (Wildman–Crippen LogP) is 3.04. The number of rotatable bonds is 5. The first-order valence-corrected chi connectivity index (χ1v) is 6.84. The van der Waals surface area contributed by atoms with Crippen LogP contribution in [0.4, 0.5) is 0 Å². The van der Waals surface area contributed by atoms with E-state index in [1.54, 1.807) is 0 Å². The maximum Gasteiger partial charge on any atom is 0.463 e. The molecule has 0 aromatic heterocycles. The molecule has 0 radical (unpaired) electrons. The first-order valence-electron chi connectivity index (χ1n) is 6.84. The second-order valence-electron chi connectivity index (χ2n) is 6.29. The Balaban J connectivity index is 1.79. The summed E-state index contributed by atoms with van der Waals surface area (Å²) in [6.07, 6.45) is 3.78. The van der Waals surface area contributed by atoms with Crippen LogP contribution in [0.3, 0.4) is 0 Å². The summed E-state index contributed by atoms with van der Waals surface area (Å²) < 4.78 is 17.8. The molecular weight excluding hydrogens is 215 g/mol. The van der Waals surface area contributed by atoms with Crippen LogP contribution in [-0.4, -0.2) is 31.0 Å². The first kappa shape index (κ1) is 13.4. The van der Waals surface area contributed by atoms with Gasteiger partial charge in [-0.15, -0.1) is 0 Å². The highest BCUT2D eigenvalue weighted by Gasteiger charge is 2.60. The van der Waals surface area contributed by atoms with Crippen LogP contribution in [0.5, 0.6) is 0 Å². The lowest BCUT2D eigenvalue weighted by molar-refractivity contribution is 0.00578. The largest absolute Gasteiger partial charge is 0.463 e. The normalized spacial score (nSPS) is 34.1. The molecule has 0 N–H and O–H groups in total. The van der Waals surface area contributed by atoms with Crippen LogP contribution in [-0.2, 0) is 14.0 Å². The van der Waals surface area contributed by atoms with Gasteiger partial charge in [-0.25, -0.2) is 0 Å². The summed E-state index contributed by atoms with van der Waals surface area (Å²) in [5.41, 5.74) is -0.428. The van der Waals surface area contributed by atoms with Gasteiger partial charge in [-0.2, -0.15) is 0 Å². The van der Waals surface area contributed by atoms with Crippen molar-refractivity contribution in [1.82, 2.24) is 0 Å². The Hall–Kier alpha value is -0.0551. The fraction of sp³-hybridized carbons (Fsp3) is 1.00. The van der Waals surface area contributed by atoms with E-state index in [4.69, 9.17) is 14.0 Å². The lowest BCUT2D eigenvalue weighted by atomic mass is 9.82. The van der Waals surface area contributed by atoms with Gasteiger partial charge in [0.05, 0.1) is 17.3 Å². The van der Waals surface area contributed by atoms with Crippen LogP contribution in [0.2, 0.25) is 5.82 Å². The van der Waals surface area contributed by atoms with Crippen molar-refractivity contribution in [2.75, 3.05) is 6.61 Å². The second kappa shape index (κ2) is 4.56. The van der Waals surface area contributed by atoms with E-state index < -0.39 is 0 Å². The van der Waals surface area contributed by atoms with Crippen LogP contribution in [0.1, 0.15) is 53.9 Å². The Morgan fingerprint density at radius 1 is 1.18 bits per heavy atom. The van der Waals surface area contributed by atoms with Crippen molar-refractivity contribution in [3.05, 3.63) is 0 Å². The van der Waals surface area contributed by atoms with Crippen molar-refractivity contribution < 1.29 is 14.0 Å². The van der Waals surface area contributed by atoms with E-state index in [2.05, 4.69) is 34.6 Å². The molecule has 2 aliphatic rings. The van der Waals surface area contributed by atoms with Crippen molar-refractivity contribution in [2.24, 2.45) is 0 Å². The Morgan fingerprint density at radius 3 is 2.29 bits per heavy atom. The predicted molar refractivity (Wildman–Crippen MR) is 69.1 cm³/mol. The number of hydrogen-bond donors (Lipinski definition) is 0. The number of unbranched alkanes of at least 4 members (excludes halogenated alkanes) is 1. The monoisotopic (exact) mass is 240 g/mol. The zero-order valence-corrected chi connectivity index (χ0v) is 11.8. The zero-order valence-electron chi connectivity index (χ0n) is 11.8. The molecule has 2 fully saturated rings. The second-order valence-corrected chi connectivity index (χ2v) is 6.29. The van der Waals surface area contributed by atoms with Gasteiger partial charge in [-0.3, -0.25) is 0 Å². The molecule has 2 unspecified atom stereocenters. The quantitative estimate of drug-likeness (QED) is 0.546. The maximum absolute atomic E-state index is 6.02. The average Bonchev–Trinajstić information content (AvgIpc) is 2.91. The summed E-state index contributed by atoms with van der Waals surface area (Å²) in [5, 5.41) is 0. The Morgan fingerprint density at radius 2 is 1.76 bits per heavy atom. The molecule has 1 aliphatic heterocycles. The molecule has 1 saturated carbocycles. The maximum atomic E-state index is 6.02. The Kier molecular flexibility index (Phi) is 3.59. The van der Waals surface area contributed by atoms with Crippen molar-refractivity contribution in [2.45, 2.75) is 77.0 Å². The summed E-state index contributed by atoms with van der Waals surface area (Å²) in [4.78, 5) is 0. The molecule has 2 rings (SSSR count). The topological polar surface area (TPSA) is 27.7 Å². The third-order valence-corrected chi connectivity index (χ3v) is 4.23. The molecule has 1 aliphatic carbocycles. The lowest BCUT2D eigenvalue weighted by Crippen LogP contribution is -2.41. The molecule has 98 valence electrons. The van der Waals surface area contributed by atoms with Crippen molar-refractivity contribution in [3.8, 4) is 0 Å². The molecule has 4 heteroatoms.